The predicted molar refractivity (Wildman–Crippen MR) is 111 cm³/mol. The molecular weight excluding hydrogens is 348 g/mol. The molecule has 5 nitrogen and oxygen atoms in total. The van der Waals surface area contributed by atoms with Crippen LogP contribution in [0.1, 0.15) is 28.7 Å². The fourth-order valence-electron chi connectivity index (χ4n) is 3.56. The van der Waals surface area contributed by atoms with Gasteiger partial charge in [0.05, 0.1) is 0 Å². The Labute approximate surface area is 166 Å². The van der Waals surface area contributed by atoms with Crippen LogP contribution in [0.4, 0.5) is 0 Å². The molecule has 0 aliphatic rings. The summed E-state index contributed by atoms with van der Waals surface area (Å²) in [5.41, 5.74) is 9.34. The van der Waals surface area contributed by atoms with Crippen molar-refractivity contribution in [1.29, 1.82) is 0 Å². The molecule has 2 aromatic heterocycles. The number of primary amides is 1. The summed E-state index contributed by atoms with van der Waals surface area (Å²) in [7, 11) is 0. The van der Waals surface area contributed by atoms with Crippen LogP contribution in [-0.4, -0.2) is 22.4 Å². The topological polar surface area (TPSA) is 80.9 Å². The van der Waals surface area contributed by atoms with Crippen LogP contribution < -0.4 is 11.1 Å². The highest BCUT2D eigenvalue weighted by molar-refractivity contribution is 5.86. The van der Waals surface area contributed by atoms with Gasteiger partial charge < -0.3 is 5.73 Å². The summed E-state index contributed by atoms with van der Waals surface area (Å²) in [5, 5.41) is 3.50. The van der Waals surface area contributed by atoms with Crippen molar-refractivity contribution in [2.24, 2.45) is 5.73 Å². The van der Waals surface area contributed by atoms with E-state index >= 15 is 0 Å². The van der Waals surface area contributed by atoms with E-state index in [2.05, 4.69) is 15.3 Å². The van der Waals surface area contributed by atoms with Gasteiger partial charge in [0.1, 0.15) is 5.54 Å². The van der Waals surface area contributed by atoms with Crippen LogP contribution in [0.2, 0.25) is 0 Å². The number of nitrogens with one attached hydrogen (secondary N) is 1. The summed E-state index contributed by atoms with van der Waals surface area (Å²) < 4.78 is 0. The number of aromatic nitrogens is 2. The Morgan fingerprint density at radius 2 is 1.50 bits per heavy atom. The lowest BCUT2D eigenvalue weighted by atomic mass is 9.81. The molecule has 1 amide bonds. The number of nitrogens with two attached hydrogens (primary N) is 1. The third-order valence-electron chi connectivity index (χ3n) is 5.15. The standard InChI is InChI=1S/C23H26N4O/c1-18-4-2-3-5-21(18)23(22(24)28,12-6-19-7-13-25-14-8-19)27-17-11-20-9-15-26-16-10-20/h2-5,7-10,13-16,27H,6,11-12,17H2,1H3,(H2,24,28). The first-order valence-electron chi connectivity index (χ1n) is 9.51. The van der Waals surface area contributed by atoms with Crippen LogP contribution in [0.25, 0.3) is 0 Å². The van der Waals surface area contributed by atoms with Gasteiger partial charge in [-0.05, 0) is 72.7 Å². The number of carbonyl (C=O) groups excluding carboxylic acids is 1. The van der Waals surface area contributed by atoms with E-state index < -0.39 is 5.54 Å². The Morgan fingerprint density at radius 3 is 2.07 bits per heavy atom. The van der Waals surface area contributed by atoms with Gasteiger partial charge in [-0.3, -0.25) is 20.1 Å². The first-order chi connectivity index (χ1) is 13.6. The summed E-state index contributed by atoms with van der Waals surface area (Å²) in [6.07, 6.45) is 9.19. The smallest absolute Gasteiger partial charge is 0.242 e. The number of hydrogen-bond acceptors (Lipinski definition) is 4. The molecule has 1 unspecified atom stereocenters. The monoisotopic (exact) mass is 374 g/mol. The fourth-order valence-corrected chi connectivity index (χ4v) is 3.56. The average Bonchev–Trinajstić information content (AvgIpc) is 2.72. The highest BCUT2D eigenvalue weighted by Crippen LogP contribution is 2.29. The van der Waals surface area contributed by atoms with Crippen LogP contribution in [0, 0.1) is 6.92 Å². The number of aryl methyl sites for hydroxylation is 2. The third-order valence-corrected chi connectivity index (χ3v) is 5.15. The van der Waals surface area contributed by atoms with Gasteiger partial charge in [-0.25, -0.2) is 0 Å². The minimum atomic E-state index is -0.929. The zero-order valence-corrected chi connectivity index (χ0v) is 16.1. The van der Waals surface area contributed by atoms with Crippen molar-refractivity contribution < 1.29 is 4.79 Å². The number of pyridine rings is 2. The second-order valence-corrected chi connectivity index (χ2v) is 6.97. The van der Waals surface area contributed by atoms with E-state index in [0.717, 1.165) is 29.5 Å². The van der Waals surface area contributed by atoms with E-state index in [-0.39, 0.29) is 5.91 Å². The Balaban J connectivity index is 1.86. The quantitative estimate of drug-likeness (QED) is 0.603. The zero-order valence-electron chi connectivity index (χ0n) is 16.1. The van der Waals surface area contributed by atoms with Crippen molar-refractivity contribution in [1.82, 2.24) is 15.3 Å². The predicted octanol–water partition coefficient (Wildman–Crippen LogP) is 2.93. The molecule has 28 heavy (non-hydrogen) atoms. The molecular formula is C23H26N4O. The number of rotatable bonds is 9. The van der Waals surface area contributed by atoms with Crippen molar-refractivity contribution in [3.8, 4) is 0 Å². The van der Waals surface area contributed by atoms with E-state index in [0.29, 0.717) is 13.0 Å². The molecule has 0 fully saturated rings. The SMILES string of the molecule is Cc1ccccc1C(CCc1ccncc1)(NCCc1ccncc1)C(N)=O. The molecule has 0 bridgehead atoms. The van der Waals surface area contributed by atoms with Crippen LogP contribution in [0.5, 0.6) is 0 Å². The van der Waals surface area contributed by atoms with Gasteiger partial charge >= 0.3 is 0 Å². The van der Waals surface area contributed by atoms with Crippen molar-refractivity contribution in [3.05, 3.63) is 95.6 Å². The molecule has 2 heterocycles. The second kappa shape index (κ2) is 9.24. The zero-order chi connectivity index (χ0) is 19.8. The van der Waals surface area contributed by atoms with Crippen molar-refractivity contribution >= 4 is 5.91 Å². The summed E-state index contributed by atoms with van der Waals surface area (Å²) >= 11 is 0. The molecule has 1 aromatic carbocycles. The summed E-state index contributed by atoms with van der Waals surface area (Å²) in [5.74, 6) is -0.356. The lowest BCUT2D eigenvalue weighted by molar-refractivity contribution is -0.125. The van der Waals surface area contributed by atoms with Gasteiger partial charge in [0, 0.05) is 31.3 Å². The van der Waals surface area contributed by atoms with Crippen LogP contribution in [-0.2, 0) is 23.2 Å². The van der Waals surface area contributed by atoms with Gasteiger partial charge in [0.15, 0.2) is 0 Å². The number of nitrogens with zero attached hydrogens (tertiary/aromatic N) is 2. The largest absolute Gasteiger partial charge is 0.368 e. The van der Waals surface area contributed by atoms with E-state index in [1.165, 1.54) is 5.56 Å². The number of benzene rings is 1. The minimum absolute atomic E-state index is 0.356. The Hall–Kier alpha value is -3.05. The Morgan fingerprint density at radius 1 is 0.929 bits per heavy atom. The van der Waals surface area contributed by atoms with E-state index in [4.69, 9.17) is 5.73 Å². The molecule has 144 valence electrons. The molecule has 3 aromatic rings. The average molecular weight is 374 g/mol. The summed E-state index contributed by atoms with van der Waals surface area (Å²) in [4.78, 5) is 20.9. The van der Waals surface area contributed by atoms with E-state index in [1.54, 1.807) is 24.8 Å². The first-order valence-corrected chi connectivity index (χ1v) is 9.51. The van der Waals surface area contributed by atoms with Crippen LogP contribution >= 0.6 is 0 Å². The van der Waals surface area contributed by atoms with Gasteiger partial charge in [-0.15, -0.1) is 0 Å². The fraction of sp³-hybridized carbons (Fsp3) is 0.261. The van der Waals surface area contributed by atoms with Crippen molar-refractivity contribution in [2.45, 2.75) is 31.7 Å². The Bertz CT molecular complexity index is 899. The highest BCUT2D eigenvalue weighted by atomic mass is 16.1. The number of hydrogen-bond donors (Lipinski definition) is 2. The molecule has 0 radical (unpaired) electrons. The lowest BCUT2D eigenvalue weighted by Gasteiger charge is -2.34. The molecule has 0 saturated carbocycles. The summed E-state index contributed by atoms with van der Waals surface area (Å²) in [6.45, 7) is 2.65. The molecule has 0 aliphatic carbocycles. The maximum atomic E-state index is 12.8. The Kier molecular flexibility index (Phi) is 6.50. The molecule has 1 atom stereocenters. The maximum absolute atomic E-state index is 12.8. The molecule has 3 rings (SSSR count). The molecule has 0 saturated heterocycles. The third kappa shape index (κ3) is 4.61. The normalized spacial score (nSPS) is 13.0. The number of amides is 1. The van der Waals surface area contributed by atoms with E-state index in [9.17, 15) is 4.79 Å². The van der Waals surface area contributed by atoms with Gasteiger partial charge in [0.2, 0.25) is 5.91 Å². The van der Waals surface area contributed by atoms with Gasteiger partial charge in [-0.1, -0.05) is 24.3 Å². The van der Waals surface area contributed by atoms with E-state index in [1.807, 2.05) is 55.5 Å². The van der Waals surface area contributed by atoms with Crippen molar-refractivity contribution in [3.63, 3.8) is 0 Å². The van der Waals surface area contributed by atoms with Gasteiger partial charge in [0.25, 0.3) is 0 Å². The maximum Gasteiger partial charge on any atom is 0.242 e. The highest BCUT2D eigenvalue weighted by Gasteiger charge is 2.38. The molecule has 0 aliphatic heterocycles. The molecule has 5 heteroatoms. The lowest BCUT2D eigenvalue weighted by Crippen LogP contribution is -2.54. The second-order valence-electron chi connectivity index (χ2n) is 6.97. The number of carbonyl (C=O) groups is 1. The first kappa shape index (κ1) is 19.7. The van der Waals surface area contributed by atoms with Crippen LogP contribution in [0.3, 0.4) is 0 Å². The molecule has 0 spiro atoms. The van der Waals surface area contributed by atoms with Gasteiger partial charge in [-0.2, -0.15) is 0 Å². The van der Waals surface area contributed by atoms with Crippen molar-refractivity contribution in [2.75, 3.05) is 6.54 Å². The minimum Gasteiger partial charge on any atom is -0.368 e. The summed E-state index contributed by atoms with van der Waals surface area (Å²) in [6, 6.07) is 15.9. The molecule has 3 N–H and O–H groups in total. The van der Waals surface area contributed by atoms with Crippen LogP contribution in [0.15, 0.2) is 73.3 Å².